The third kappa shape index (κ3) is 3.44. The second-order valence-electron chi connectivity index (χ2n) is 6.42. The summed E-state index contributed by atoms with van der Waals surface area (Å²) < 4.78 is 15.2. The summed E-state index contributed by atoms with van der Waals surface area (Å²) in [5, 5.41) is 5.11. The maximum Gasteiger partial charge on any atom is 0.252 e. The highest BCUT2D eigenvalue weighted by Gasteiger charge is 2.21. The monoisotopic (exact) mass is 359 g/mol. The molecule has 27 heavy (non-hydrogen) atoms. The summed E-state index contributed by atoms with van der Waals surface area (Å²) in [5.41, 5.74) is 1.33. The number of carbonyl (C=O) groups is 1. The highest BCUT2D eigenvalue weighted by molar-refractivity contribution is 5.98. The van der Waals surface area contributed by atoms with Crippen LogP contribution in [-0.4, -0.2) is 15.5 Å². The van der Waals surface area contributed by atoms with Crippen LogP contribution in [0.25, 0.3) is 10.8 Å². The van der Waals surface area contributed by atoms with Gasteiger partial charge in [-0.3, -0.25) is 4.79 Å². The van der Waals surface area contributed by atoms with Gasteiger partial charge in [-0.05, 0) is 40.6 Å². The Kier molecular flexibility index (Phi) is 4.42. The third-order valence-electron chi connectivity index (χ3n) is 4.61. The van der Waals surface area contributed by atoms with E-state index in [-0.39, 0.29) is 11.7 Å². The normalized spacial score (nSPS) is 12.1. The minimum absolute atomic E-state index is 0.210. The number of imidazole rings is 1. The van der Waals surface area contributed by atoms with Crippen LogP contribution in [0.4, 0.5) is 4.39 Å². The van der Waals surface area contributed by atoms with E-state index in [1.165, 1.54) is 12.1 Å². The molecule has 0 fully saturated rings. The smallest absolute Gasteiger partial charge is 0.252 e. The van der Waals surface area contributed by atoms with E-state index in [0.29, 0.717) is 11.4 Å². The zero-order valence-corrected chi connectivity index (χ0v) is 14.8. The first-order valence-electron chi connectivity index (χ1n) is 8.64. The minimum atomic E-state index is -0.482. The van der Waals surface area contributed by atoms with E-state index in [4.69, 9.17) is 0 Å². The predicted molar refractivity (Wildman–Crippen MR) is 103 cm³/mol. The largest absolute Gasteiger partial charge is 0.338 e. The van der Waals surface area contributed by atoms with Crippen LogP contribution in [0, 0.1) is 5.82 Å². The Hall–Kier alpha value is -3.47. The summed E-state index contributed by atoms with van der Waals surface area (Å²) in [7, 11) is 1.86. The molecule has 0 aliphatic heterocycles. The fourth-order valence-electron chi connectivity index (χ4n) is 3.15. The van der Waals surface area contributed by atoms with Gasteiger partial charge in [0, 0.05) is 25.0 Å². The second kappa shape index (κ2) is 7.03. The molecule has 0 spiro atoms. The molecule has 0 bridgehead atoms. The Morgan fingerprint density at radius 1 is 1.04 bits per heavy atom. The molecule has 1 aromatic heterocycles. The summed E-state index contributed by atoms with van der Waals surface area (Å²) in [5.74, 6) is 0.145. The van der Waals surface area contributed by atoms with Gasteiger partial charge in [0.15, 0.2) is 0 Å². The van der Waals surface area contributed by atoms with Gasteiger partial charge in [0.05, 0.1) is 0 Å². The SMILES string of the molecule is Cn1ccnc1C(NC(=O)c1ccc2ccccc2c1)c1ccc(F)cc1. The van der Waals surface area contributed by atoms with E-state index >= 15 is 0 Å². The van der Waals surface area contributed by atoms with E-state index in [1.54, 1.807) is 24.4 Å². The van der Waals surface area contributed by atoms with Crippen LogP contribution in [0.5, 0.6) is 0 Å². The van der Waals surface area contributed by atoms with Crippen LogP contribution in [0.3, 0.4) is 0 Å². The molecule has 0 saturated carbocycles. The van der Waals surface area contributed by atoms with Gasteiger partial charge in [0.1, 0.15) is 17.7 Å². The van der Waals surface area contributed by atoms with Gasteiger partial charge in [0.25, 0.3) is 5.91 Å². The minimum Gasteiger partial charge on any atom is -0.338 e. The number of rotatable bonds is 4. The molecule has 134 valence electrons. The highest BCUT2D eigenvalue weighted by Crippen LogP contribution is 2.22. The maximum atomic E-state index is 13.3. The van der Waals surface area contributed by atoms with Crippen LogP contribution in [-0.2, 0) is 7.05 Å². The summed E-state index contributed by atoms with van der Waals surface area (Å²) in [6.45, 7) is 0. The lowest BCUT2D eigenvalue weighted by molar-refractivity contribution is 0.0941. The van der Waals surface area contributed by atoms with E-state index in [0.717, 1.165) is 16.3 Å². The van der Waals surface area contributed by atoms with Crippen molar-refractivity contribution in [3.8, 4) is 0 Å². The maximum absolute atomic E-state index is 13.3. The average Bonchev–Trinajstić information content (AvgIpc) is 3.12. The molecule has 0 saturated heterocycles. The van der Waals surface area contributed by atoms with Crippen LogP contribution < -0.4 is 5.32 Å². The fourth-order valence-corrected chi connectivity index (χ4v) is 3.15. The van der Waals surface area contributed by atoms with Crippen LogP contribution in [0.2, 0.25) is 0 Å². The van der Waals surface area contributed by atoms with Crippen molar-refractivity contribution in [1.29, 1.82) is 0 Å². The topological polar surface area (TPSA) is 46.9 Å². The van der Waals surface area contributed by atoms with Crippen molar-refractivity contribution < 1.29 is 9.18 Å². The van der Waals surface area contributed by atoms with Crippen molar-refractivity contribution in [2.45, 2.75) is 6.04 Å². The van der Waals surface area contributed by atoms with Crippen molar-refractivity contribution in [3.05, 3.63) is 102 Å². The molecule has 0 aliphatic carbocycles. The predicted octanol–water partition coefficient (Wildman–Crippen LogP) is 4.23. The van der Waals surface area contributed by atoms with E-state index in [2.05, 4.69) is 10.3 Å². The number of hydrogen-bond donors (Lipinski definition) is 1. The van der Waals surface area contributed by atoms with Crippen LogP contribution in [0.15, 0.2) is 79.1 Å². The number of amides is 1. The summed E-state index contributed by atoms with van der Waals surface area (Å²) in [4.78, 5) is 17.3. The lowest BCUT2D eigenvalue weighted by Crippen LogP contribution is -2.31. The highest BCUT2D eigenvalue weighted by atomic mass is 19.1. The molecule has 3 aromatic carbocycles. The number of nitrogens with one attached hydrogen (secondary N) is 1. The number of carbonyl (C=O) groups excluding carboxylic acids is 1. The van der Waals surface area contributed by atoms with Gasteiger partial charge in [-0.2, -0.15) is 0 Å². The van der Waals surface area contributed by atoms with Gasteiger partial charge in [-0.1, -0.05) is 42.5 Å². The van der Waals surface area contributed by atoms with Gasteiger partial charge < -0.3 is 9.88 Å². The lowest BCUT2D eigenvalue weighted by atomic mass is 10.0. The first-order chi connectivity index (χ1) is 13.1. The molecular formula is C22H18FN3O. The molecule has 5 heteroatoms. The molecule has 1 N–H and O–H groups in total. The standard InChI is InChI=1S/C22H18FN3O/c1-26-13-12-24-21(26)20(16-8-10-19(23)11-9-16)25-22(27)18-7-6-15-4-2-3-5-17(15)14-18/h2-14,20H,1H3,(H,25,27). The lowest BCUT2D eigenvalue weighted by Gasteiger charge is -2.19. The quantitative estimate of drug-likeness (QED) is 0.593. The molecule has 1 atom stereocenters. The van der Waals surface area contributed by atoms with Gasteiger partial charge >= 0.3 is 0 Å². The van der Waals surface area contributed by atoms with Crippen LogP contribution >= 0.6 is 0 Å². The van der Waals surface area contributed by atoms with Crippen molar-refractivity contribution in [2.75, 3.05) is 0 Å². The van der Waals surface area contributed by atoms with Crippen molar-refractivity contribution >= 4 is 16.7 Å². The molecule has 1 unspecified atom stereocenters. The number of hydrogen-bond acceptors (Lipinski definition) is 2. The zero-order valence-electron chi connectivity index (χ0n) is 14.8. The first-order valence-corrected chi connectivity index (χ1v) is 8.64. The molecule has 1 heterocycles. The van der Waals surface area contributed by atoms with Crippen molar-refractivity contribution in [2.24, 2.45) is 7.05 Å². The molecule has 0 aliphatic rings. The number of fused-ring (bicyclic) bond motifs is 1. The van der Waals surface area contributed by atoms with E-state index in [9.17, 15) is 9.18 Å². The Balaban J connectivity index is 1.69. The summed E-state index contributed by atoms with van der Waals surface area (Å²) in [6.07, 6.45) is 3.49. The molecule has 1 amide bonds. The number of halogens is 1. The number of nitrogens with zero attached hydrogens (tertiary/aromatic N) is 2. The Morgan fingerprint density at radius 2 is 1.78 bits per heavy atom. The zero-order chi connectivity index (χ0) is 18.8. The molecule has 4 aromatic rings. The second-order valence-corrected chi connectivity index (χ2v) is 6.42. The van der Waals surface area contributed by atoms with Crippen molar-refractivity contribution in [1.82, 2.24) is 14.9 Å². The van der Waals surface area contributed by atoms with Gasteiger partial charge in [-0.25, -0.2) is 9.37 Å². The van der Waals surface area contributed by atoms with E-state index in [1.807, 2.05) is 54.2 Å². The molecule has 0 radical (unpaired) electrons. The summed E-state index contributed by atoms with van der Waals surface area (Å²) in [6, 6.07) is 19.1. The Labute approximate surface area is 156 Å². The third-order valence-corrected chi connectivity index (χ3v) is 4.61. The van der Waals surface area contributed by atoms with E-state index < -0.39 is 6.04 Å². The fraction of sp³-hybridized carbons (Fsp3) is 0.0909. The Bertz CT molecular complexity index is 1100. The van der Waals surface area contributed by atoms with Crippen molar-refractivity contribution in [3.63, 3.8) is 0 Å². The molecule has 4 rings (SSSR count). The number of aryl methyl sites for hydroxylation is 1. The molecular weight excluding hydrogens is 341 g/mol. The average molecular weight is 359 g/mol. The van der Waals surface area contributed by atoms with Crippen LogP contribution in [0.1, 0.15) is 27.8 Å². The number of aromatic nitrogens is 2. The van der Waals surface area contributed by atoms with Gasteiger partial charge in [0.2, 0.25) is 0 Å². The van der Waals surface area contributed by atoms with Gasteiger partial charge in [-0.15, -0.1) is 0 Å². The molecule has 4 nitrogen and oxygen atoms in total. The summed E-state index contributed by atoms with van der Waals surface area (Å²) >= 11 is 0. The Morgan fingerprint density at radius 3 is 2.48 bits per heavy atom. The number of benzene rings is 3. The first kappa shape index (κ1) is 17.0.